The van der Waals surface area contributed by atoms with E-state index in [1.807, 2.05) is 6.92 Å². The normalized spacial score (nSPS) is 25.4. The molecule has 126 valence electrons. The van der Waals surface area contributed by atoms with Crippen molar-refractivity contribution < 1.29 is 23.1 Å². The molecule has 0 aromatic carbocycles. The van der Waals surface area contributed by atoms with Gasteiger partial charge in [0.25, 0.3) is 0 Å². The Morgan fingerprint density at radius 2 is 2.18 bits per heavy atom. The van der Waals surface area contributed by atoms with Crippen molar-refractivity contribution in [3.8, 4) is 0 Å². The number of carbonyl (C=O) groups is 1. The average molecular weight is 332 g/mol. The zero-order chi connectivity index (χ0) is 16.9. The maximum absolute atomic E-state index is 11.6. The summed E-state index contributed by atoms with van der Waals surface area (Å²) in [6.07, 6.45) is 2.83. The van der Waals surface area contributed by atoms with Crippen LogP contribution in [-0.4, -0.2) is 50.5 Å². The van der Waals surface area contributed by atoms with Gasteiger partial charge in [0.1, 0.15) is 0 Å². The van der Waals surface area contributed by atoms with Crippen LogP contribution in [0.4, 0.5) is 0 Å². The van der Waals surface area contributed by atoms with E-state index in [2.05, 4.69) is 16.6 Å². The lowest BCUT2D eigenvalue weighted by Gasteiger charge is -2.37. The summed E-state index contributed by atoms with van der Waals surface area (Å²) in [5.74, 6) is -1.03. The van der Waals surface area contributed by atoms with E-state index in [9.17, 15) is 18.3 Å². The number of carboxylic acids is 1. The van der Waals surface area contributed by atoms with Gasteiger partial charge < -0.3 is 15.2 Å². The number of hydrogen-bond acceptors (Lipinski definition) is 5. The minimum absolute atomic E-state index is 0.182. The van der Waals surface area contributed by atoms with Gasteiger partial charge in [-0.1, -0.05) is 13.5 Å². The van der Waals surface area contributed by atoms with Crippen molar-refractivity contribution in [3.05, 3.63) is 23.9 Å². The van der Waals surface area contributed by atoms with Crippen LogP contribution in [-0.2, 0) is 19.6 Å². The first-order valence-electron chi connectivity index (χ1n) is 7.09. The summed E-state index contributed by atoms with van der Waals surface area (Å²) in [5, 5.41) is 12.3. The van der Waals surface area contributed by atoms with Crippen LogP contribution in [0.25, 0.3) is 0 Å². The molecule has 3 atom stereocenters. The molecule has 0 aromatic heterocycles. The van der Waals surface area contributed by atoms with Crippen LogP contribution in [0, 0.1) is 0 Å². The maximum atomic E-state index is 11.6. The van der Waals surface area contributed by atoms with Gasteiger partial charge in [0.05, 0.1) is 18.4 Å². The summed E-state index contributed by atoms with van der Waals surface area (Å²) in [5.41, 5.74) is 0.831. The highest BCUT2D eigenvalue weighted by Gasteiger charge is 2.37. The van der Waals surface area contributed by atoms with Gasteiger partial charge in [0.15, 0.2) is 0 Å². The second kappa shape index (κ2) is 7.75. The summed E-state index contributed by atoms with van der Waals surface area (Å²) in [6, 6.07) is -1.04. The summed E-state index contributed by atoms with van der Waals surface area (Å²) >= 11 is 0. The van der Waals surface area contributed by atoms with Crippen LogP contribution in [0.15, 0.2) is 23.9 Å². The summed E-state index contributed by atoms with van der Waals surface area (Å²) in [6.45, 7) is 7.81. The van der Waals surface area contributed by atoms with Gasteiger partial charge in [0.2, 0.25) is 10.0 Å². The van der Waals surface area contributed by atoms with Crippen molar-refractivity contribution in [1.82, 2.24) is 10.0 Å². The smallest absolute Gasteiger partial charge is 0.331 e. The predicted octanol–water partition coefficient (Wildman–Crippen LogP) is 0.606. The monoisotopic (exact) mass is 332 g/mol. The highest BCUT2D eigenvalue weighted by Crippen LogP contribution is 2.23. The highest BCUT2D eigenvalue weighted by molar-refractivity contribution is 7.88. The number of allylic oxidation sites excluding steroid dienone is 1. The Morgan fingerprint density at radius 1 is 1.55 bits per heavy atom. The minimum atomic E-state index is -3.46. The largest absolute Gasteiger partial charge is 0.478 e. The maximum Gasteiger partial charge on any atom is 0.331 e. The van der Waals surface area contributed by atoms with Crippen molar-refractivity contribution in [2.45, 2.75) is 44.9 Å². The second-order valence-electron chi connectivity index (χ2n) is 5.48. The molecule has 22 heavy (non-hydrogen) atoms. The van der Waals surface area contributed by atoms with Crippen molar-refractivity contribution in [2.24, 2.45) is 0 Å². The molecule has 7 nitrogen and oxygen atoms in total. The standard InChI is InChI=1S/C14H24N2O5S/c1-5-6-21-12-8-10(14(17)18)7-11(15-9(2)3)13(12)16-22(4,19)20/h8,11-13,15-16H,2,5-7H2,1,3-4H3,(H,17,18). The van der Waals surface area contributed by atoms with Crippen molar-refractivity contribution in [1.29, 1.82) is 0 Å². The van der Waals surface area contributed by atoms with Crippen molar-refractivity contribution >= 4 is 16.0 Å². The lowest BCUT2D eigenvalue weighted by Crippen LogP contribution is -2.57. The van der Waals surface area contributed by atoms with Crippen LogP contribution < -0.4 is 10.0 Å². The van der Waals surface area contributed by atoms with Gasteiger partial charge in [-0.3, -0.25) is 0 Å². The molecule has 0 spiro atoms. The number of ether oxygens (including phenoxy) is 1. The van der Waals surface area contributed by atoms with Crippen LogP contribution in [0.3, 0.4) is 0 Å². The minimum Gasteiger partial charge on any atom is -0.478 e. The molecule has 1 aliphatic rings. The van der Waals surface area contributed by atoms with Crippen molar-refractivity contribution in [2.75, 3.05) is 12.9 Å². The lowest BCUT2D eigenvalue weighted by atomic mass is 9.88. The Morgan fingerprint density at radius 3 is 2.64 bits per heavy atom. The highest BCUT2D eigenvalue weighted by atomic mass is 32.2. The fraction of sp³-hybridized carbons (Fsp3) is 0.643. The molecule has 8 heteroatoms. The molecule has 0 amide bonds. The van der Waals surface area contributed by atoms with E-state index < -0.39 is 34.2 Å². The number of carboxylic acid groups (broad SMARTS) is 1. The fourth-order valence-electron chi connectivity index (χ4n) is 2.38. The molecule has 3 unspecified atom stereocenters. The molecule has 0 bridgehead atoms. The number of hydrogen-bond donors (Lipinski definition) is 3. The summed E-state index contributed by atoms with van der Waals surface area (Å²) < 4.78 is 31.4. The SMILES string of the molecule is C=C(C)NC1CC(C(=O)O)=CC(OCCC)C1NS(C)(=O)=O. The molecule has 0 saturated heterocycles. The molecular weight excluding hydrogens is 308 g/mol. The molecule has 1 rings (SSSR count). The topological polar surface area (TPSA) is 105 Å². The third-order valence-corrected chi connectivity index (χ3v) is 3.86. The molecule has 3 N–H and O–H groups in total. The van der Waals surface area contributed by atoms with Gasteiger partial charge in [0, 0.05) is 30.3 Å². The summed E-state index contributed by atoms with van der Waals surface area (Å²) in [7, 11) is -3.46. The third kappa shape index (κ3) is 5.78. The predicted molar refractivity (Wildman–Crippen MR) is 83.9 cm³/mol. The van der Waals surface area contributed by atoms with Crippen LogP contribution in [0.2, 0.25) is 0 Å². The molecule has 0 heterocycles. The number of rotatable bonds is 8. The van der Waals surface area contributed by atoms with Crippen LogP contribution in [0.1, 0.15) is 26.7 Å². The molecule has 0 aromatic rings. The average Bonchev–Trinajstić information content (AvgIpc) is 2.36. The Balaban J connectivity index is 3.13. The Labute approximate surface area is 131 Å². The Hall–Kier alpha value is -1.38. The molecule has 0 radical (unpaired) electrons. The van der Waals surface area contributed by atoms with Gasteiger partial charge in [-0.05, 0) is 19.4 Å². The van der Waals surface area contributed by atoms with E-state index in [1.165, 1.54) is 6.08 Å². The van der Waals surface area contributed by atoms with E-state index in [0.29, 0.717) is 12.3 Å². The zero-order valence-electron chi connectivity index (χ0n) is 13.1. The first-order chi connectivity index (χ1) is 10.1. The van der Waals surface area contributed by atoms with Gasteiger partial charge in [-0.2, -0.15) is 0 Å². The first kappa shape index (κ1) is 18.7. The quantitative estimate of drug-likeness (QED) is 0.601. The van der Waals surface area contributed by atoms with Gasteiger partial charge in [-0.25, -0.2) is 17.9 Å². The Bertz CT molecular complexity index is 556. The van der Waals surface area contributed by atoms with E-state index >= 15 is 0 Å². The number of sulfonamides is 1. The second-order valence-corrected chi connectivity index (χ2v) is 7.26. The van der Waals surface area contributed by atoms with Crippen LogP contribution in [0.5, 0.6) is 0 Å². The molecule has 0 aliphatic heterocycles. The first-order valence-corrected chi connectivity index (χ1v) is 8.98. The van der Waals surface area contributed by atoms with Gasteiger partial charge >= 0.3 is 5.97 Å². The Kier molecular flexibility index (Phi) is 6.58. The van der Waals surface area contributed by atoms with Crippen molar-refractivity contribution in [3.63, 3.8) is 0 Å². The molecule has 0 saturated carbocycles. The molecule has 0 fully saturated rings. The van der Waals surface area contributed by atoms with Crippen LogP contribution >= 0.6 is 0 Å². The van der Waals surface area contributed by atoms with E-state index in [4.69, 9.17) is 4.74 Å². The number of nitrogens with one attached hydrogen (secondary N) is 2. The number of aliphatic carboxylic acids is 1. The third-order valence-electron chi connectivity index (χ3n) is 3.16. The molecular formula is C14H24N2O5S. The zero-order valence-corrected chi connectivity index (χ0v) is 13.9. The van der Waals surface area contributed by atoms with Gasteiger partial charge in [-0.15, -0.1) is 0 Å². The summed E-state index contributed by atoms with van der Waals surface area (Å²) in [4.78, 5) is 11.3. The van der Waals surface area contributed by atoms with E-state index in [0.717, 1.165) is 12.7 Å². The van der Waals surface area contributed by atoms with E-state index in [1.54, 1.807) is 6.92 Å². The van der Waals surface area contributed by atoms with E-state index in [-0.39, 0.29) is 12.0 Å². The lowest BCUT2D eigenvalue weighted by molar-refractivity contribution is -0.133. The molecule has 1 aliphatic carbocycles. The fourth-order valence-corrected chi connectivity index (χ4v) is 3.17.